The van der Waals surface area contributed by atoms with E-state index >= 15 is 0 Å². The van der Waals surface area contributed by atoms with Crippen LogP contribution >= 0.6 is 0 Å². The molecule has 0 amide bonds. The largest absolute Gasteiger partial charge is 0.466 e. The summed E-state index contributed by atoms with van der Waals surface area (Å²) in [6, 6.07) is 10.4. The lowest BCUT2D eigenvalue weighted by atomic mass is 10.1. The maximum Gasteiger partial charge on any atom is 0.329 e. The van der Waals surface area contributed by atoms with Crippen molar-refractivity contribution in [2.75, 3.05) is 7.11 Å². The van der Waals surface area contributed by atoms with Gasteiger partial charge in [0.05, 0.1) is 23.3 Å². The molecule has 2 nitrogen and oxygen atoms in total. The summed E-state index contributed by atoms with van der Waals surface area (Å²) in [7, 11) is -1.87. The van der Waals surface area contributed by atoms with Gasteiger partial charge in [0.2, 0.25) is 0 Å². The number of hydrogen-bond donors (Lipinski definition) is 0. The SMILES string of the molecule is COC(=O)/C(=C(/Cc1ccccc1)[Si](C)(C)C)[Si](C)(C)C. The second-order valence-electron chi connectivity index (χ2n) is 7.51. The van der Waals surface area contributed by atoms with Crippen molar-refractivity contribution in [1.29, 1.82) is 0 Å². The molecule has 0 aliphatic carbocycles. The Morgan fingerprint density at radius 1 is 0.952 bits per heavy atom. The van der Waals surface area contributed by atoms with Crippen LogP contribution in [0, 0.1) is 0 Å². The smallest absolute Gasteiger partial charge is 0.329 e. The molecule has 116 valence electrons. The predicted octanol–water partition coefficient (Wildman–Crippen LogP) is 4.45. The standard InChI is InChI=1S/C17H28O2Si2/c1-19-17(18)16(21(5,6)7)15(20(2,3)4)13-14-11-9-8-10-12-14/h8-12H,13H2,1-7H3/b16-15+. The van der Waals surface area contributed by atoms with Crippen molar-refractivity contribution in [2.45, 2.75) is 45.7 Å². The van der Waals surface area contributed by atoms with Gasteiger partial charge in [-0.05, 0) is 12.0 Å². The molecule has 0 fully saturated rings. The highest BCUT2D eigenvalue weighted by Crippen LogP contribution is 2.29. The van der Waals surface area contributed by atoms with Gasteiger partial charge in [-0.2, -0.15) is 0 Å². The summed E-state index contributed by atoms with van der Waals surface area (Å²) in [6.45, 7) is 13.6. The van der Waals surface area contributed by atoms with Gasteiger partial charge < -0.3 is 4.74 Å². The second-order valence-corrected chi connectivity index (χ2v) is 17.6. The quantitative estimate of drug-likeness (QED) is 0.455. The zero-order valence-electron chi connectivity index (χ0n) is 14.4. The molecule has 0 aliphatic rings. The molecular formula is C17H28O2Si2. The van der Waals surface area contributed by atoms with Crippen molar-refractivity contribution in [2.24, 2.45) is 0 Å². The maximum absolute atomic E-state index is 12.4. The van der Waals surface area contributed by atoms with Gasteiger partial charge in [0, 0.05) is 5.20 Å². The first kappa shape index (κ1) is 17.9. The van der Waals surface area contributed by atoms with E-state index in [1.807, 2.05) is 6.07 Å². The molecule has 0 aliphatic heterocycles. The Morgan fingerprint density at radius 2 is 1.48 bits per heavy atom. The predicted molar refractivity (Wildman–Crippen MR) is 95.9 cm³/mol. The van der Waals surface area contributed by atoms with E-state index in [-0.39, 0.29) is 5.97 Å². The van der Waals surface area contributed by atoms with Gasteiger partial charge in [0.25, 0.3) is 0 Å². The van der Waals surface area contributed by atoms with Crippen LogP contribution in [-0.4, -0.2) is 29.2 Å². The Labute approximate surface area is 131 Å². The molecule has 0 saturated heterocycles. The molecule has 1 rings (SSSR count). The van der Waals surface area contributed by atoms with Crippen LogP contribution in [0.15, 0.2) is 40.7 Å². The van der Waals surface area contributed by atoms with Crippen LogP contribution in [0.25, 0.3) is 0 Å². The molecule has 4 heteroatoms. The second kappa shape index (κ2) is 6.75. The van der Waals surface area contributed by atoms with Crippen molar-refractivity contribution in [3.8, 4) is 0 Å². The van der Waals surface area contributed by atoms with Crippen molar-refractivity contribution < 1.29 is 9.53 Å². The Kier molecular flexibility index (Phi) is 5.76. The molecule has 0 N–H and O–H groups in total. The molecule has 0 spiro atoms. The molecule has 0 bridgehead atoms. The van der Waals surface area contributed by atoms with E-state index in [2.05, 4.69) is 63.5 Å². The first-order valence-corrected chi connectivity index (χ1v) is 14.4. The lowest BCUT2D eigenvalue weighted by Gasteiger charge is -2.30. The van der Waals surface area contributed by atoms with E-state index in [1.54, 1.807) is 0 Å². The fraction of sp³-hybridized carbons (Fsp3) is 0.471. The number of carbonyl (C=O) groups excluding carboxylic acids is 1. The van der Waals surface area contributed by atoms with Crippen molar-refractivity contribution >= 4 is 22.1 Å². The lowest BCUT2D eigenvalue weighted by Crippen LogP contribution is -2.38. The summed E-state index contributed by atoms with van der Waals surface area (Å²) in [5.41, 5.74) is 1.27. The molecule has 21 heavy (non-hydrogen) atoms. The van der Waals surface area contributed by atoms with Crippen LogP contribution in [0.4, 0.5) is 0 Å². The van der Waals surface area contributed by atoms with Gasteiger partial charge in [-0.15, -0.1) is 0 Å². The van der Waals surface area contributed by atoms with Crippen LogP contribution < -0.4 is 0 Å². The third-order valence-electron chi connectivity index (χ3n) is 3.57. The number of rotatable bonds is 5. The molecule has 0 saturated carbocycles. The molecule has 0 atom stereocenters. The van der Waals surface area contributed by atoms with Gasteiger partial charge in [-0.3, -0.25) is 0 Å². The number of carbonyl (C=O) groups is 1. The normalized spacial score (nSPS) is 13.7. The number of esters is 1. The van der Waals surface area contributed by atoms with Gasteiger partial charge in [0.1, 0.15) is 0 Å². The fourth-order valence-corrected chi connectivity index (χ4v) is 8.06. The van der Waals surface area contributed by atoms with Crippen molar-refractivity contribution in [3.63, 3.8) is 0 Å². The number of benzene rings is 1. The fourth-order valence-electron chi connectivity index (χ4n) is 2.51. The minimum atomic E-state index is -1.76. The number of ether oxygens (including phenoxy) is 1. The van der Waals surface area contributed by atoms with Crippen LogP contribution in [-0.2, 0) is 16.0 Å². The summed E-state index contributed by atoms with van der Waals surface area (Å²) in [4.78, 5) is 12.4. The Hall–Kier alpha value is -1.14. The van der Waals surface area contributed by atoms with Crippen LogP contribution in [0.3, 0.4) is 0 Å². The highest BCUT2D eigenvalue weighted by molar-refractivity contribution is 6.92. The monoisotopic (exact) mass is 320 g/mol. The summed E-state index contributed by atoms with van der Waals surface area (Å²) >= 11 is 0. The average molecular weight is 321 g/mol. The molecular weight excluding hydrogens is 292 g/mol. The van der Waals surface area contributed by atoms with Gasteiger partial charge >= 0.3 is 5.97 Å². The minimum Gasteiger partial charge on any atom is -0.466 e. The topological polar surface area (TPSA) is 26.3 Å². The van der Waals surface area contributed by atoms with Gasteiger partial charge in [-0.1, -0.05) is 74.8 Å². The molecule has 0 heterocycles. The summed E-state index contributed by atoms with van der Waals surface area (Å²) in [5.74, 6) is -0.123. The number of methoxy groups -OCH3 is 1. The summed E-state index contributed by atoms with van der Waals surface area (Å²) in [5, 5.41) is 2.34. The highest BCUT2D eigenvalue weighted by Gasteiger charge is 2.34. The first-order valence-electron chi connectivity index (χ1n) is 7.43. The van der Waals surface area contributed by atoms with E-state index < -0.39 is 16.1 Å². The Balaban J connectivity index is 3.45. The highest BCUT2D eigenvalue weighted by atomic mass is 28.3. The molecule has 0 aromatic heterocycles. The van der Waals surface area contributed by atoms with Crippen LogP contribution in [0.2, 0.25) is 39.3 Å². The van der Waals surface area contributed by atoms with E-state index in [9.17, 15) is 4.79 Å². The zero-order chi connectivity index (χ0) is 16.3. The third kappa shape index (κ3) is 4.97. The minimum absolute atomic E-state index is 0.123. The summed E-state index contributed by atoms with van der Waals surface area (Å²) in [6.07, 6.45) is 0.866. The van der Waals surface area contributed by atoms with Crippen molar-refractivity contribution in [1.82, 2.24) is 0 Å². The number of hydrogen-bond acceptors (Lipinski definition) is 2. The third-order valence-corrected chi connectivity index (χ3v) is 8.06. The van der Waals surface area contributed by atoms with Crippen LogP contribution in [0.1, 0.15) is 5.56 Å². The van der Waals surface area contributed by atoms with E-state index in [0.717, 1.165) is 11.6 Å². The first-order chi connectivity index (χ1) is 9.57. The van der Waals surface area contributed by atoms with Gasteiger partial charge in [-0.25, -0.2) is 4.79 Å². The molecule has 0 unspecified atom stereocenters. The van der Waals surface area contributed by atoms with Gasteiger partial charge in [0.15, 0.2) is 0 Å². The average Bonchev–Trinajstić information content (AvgIpc) is 2.36. The maximum atomic E-state index is 12.4. The molecule has 1 aromatic carbocycles. The van der Waals surface area contributed by atoms with E-state index in [0.29, 0.717) is 0 Å². The number of allylic oxidation sites excluding steroid dienone is 1. The van der Waals surface area contributed by atoms with Crippen LogP contribution in [0.5, 0.6) is 0 Å². The lowest BCUT2D eigenvalue weighted by molar-refractivity contribution is -0.135. The summed E-state index contributed by atoms with van der Waals surface area (Å²) < 4.78 is 5.11. The Bertz CT molecular complexity index is 520. The molecule has 0 radical (unpaired) electrons. The zero-order valence-corrected chi connectivity index (χ0v) is 16.4. The van der Waals surface area contributed by atoms with E-state index in [1.165, 1.54) is 17.9 Å². The van der Waals surface area contributed by atoms with Crippen molar-refractivity contribution in [3.05, 3.63) is 46.3 Å². The molecule has 1 aromatic rings. The Morgan fingerprint density at radius 3 is 1.86 bits per heavy atom. The van der Waals surface area contributed by atoms with E-state index in [4.69, 9.17) is 4.74 Å².